The second-order valence-corrected chi connectivity index (χ2v) is 3.91. The Morgan fingerprint density at radius 1 is 1.50 bits per heavy atom. The van der Waals surface area contributed by atoms with E-state index in [1.54, 1.807) is 12.1 Å². The number of esters is 1. The third-order valence-electron chi connectivity index (χ3n) is 2.44. The number of rotatable bonds is 2. The van der Waals surface area contributed by atoms with Crippen molar-refractivity contribution in [1.82, 2.24) is 0 Å². The van der Waals surface area contributed by atoms with Crippen LogP contribution in [0.4, 0.5) is 0 Å². The Hall–Kier alpha value is -1.02. The minimum atomic E-state index is -0.339. The molecule has 0 amide bonds. The van der Waals surface area contributed by atoms with Crippen LogP contribution in [0.15, 0.2) is 18.2 Å². The van der Waals surface area contributed by atoms with Crippen LogP contribution in [-0.4, -0.2) is 13.1 Å². The maximum Gasteiger partial charge on any atom is 0.337 e. The van der Waals surface area contributed by atoms with Gasteiger partial charge in [-0.25, -0.2) is 4.79 Å². The molecule has 1 saturated carbocycles. The molecular formula is C11H11ClO2. The maximum atomic E-state index is 11.2. The first-order chi connectivity index (χ1) is 6.72. The molecule has 0 aromatic heterocycles. The first kappa shape index (κ1) is 9.53. The molecule has 2 rings (SSSR count). The van der Waals surface area contributed by atoms with Gasteiger partial charge in [0.1, 0.15) is 0 Å². The summed E-state index contributed by atoms with van der Waals surface area (Å²) in [5.41, 5.74) is 1.67. The molecule has 1 aliphatic carbocycles. The number of benzene rings is 1. The first-order valence-corrected chi connectivity index (χ1v) is 4.98. The topological polar surface area (TPSA) is 26.3 Å². The van der Waals surface area contributed by atoms with Gasteiger partial charge in [-0.1, -0.05) is 17.7 Å². The Kier molecular flexibility index (Phi) is 2.46. The van der Waals surface area contributed by atoms with Gasteiger partial charge in [0.25, 0.3) is 0 Å². The first-order valence-electron chi connectivity index (χ1n) is 4.60. The van der Waals surface area contributed by atoms with Gasteiger partial charge < -0.3 is 4.74 Å². The van der Waals surface area contributed by atoms with E-state index in [4.69, 9.17) is 11.6 Å². The van der Waals surface area contributed by atoms with Crippen molar-refractivity contribution in [2.75, 3.05) is 7.11 Å². The number of carbonyl (C=O) groups is 1. The van der Waals surface area contributed by atoms with Crippen LogP contribution in [0.2, 0.25) is 5.02 Å². The summed E-state index contributed by atoms with van der Waals surface area (Å²) in [5, 5.41) is 0.676. The number of carbonyl (C=O) groups excluding carboxylic acids is 1. The molecule has 0 atom stereocenters. The maximum absolute atomic E-state index is 11.2. The van der Waals surface area contributed by atoms with Gasteiger partial charge in [0, 0.05) is 5.02 Å². The van der Waals surface area contributed by atoms with E-state index in [1.807, 2.05) is 6.07 Å². The monoisotopic (exact) mass is 210 g/mol. The van der Waals surface area contributed by atoms with Crippen molar-refractivity contribution in [3.05, 3.63) is 34.3 Å². The van der Waals surface area contributed by atoms with Gasteiger partial charge in [-0.15, -0.1) is 0 Å². The normalized spacial score (nSPS) is 15.3. The minimum Gasteiger partial charge on any atom is -0.465 e. The summed E-state index contributed by atoms with van der Waals surface area (Å²) < 4.78 is 4.61. The Morgan fingerprint density at radius 3 is 2.71 bits per heavy atom. The van der Waals surface area contributed by atoms with Crippen molar-refractivity contribution >= 4 is 17.6 Å². The Morgan fingerprint density at radius 2 is 2.21 bits per heavy atom. The van der Waals surface area contributed by atoms with Gasteiger partial charge in [0.05, 0.1) is 12.7 Å². The molecule has 0 radical (unpaired) electrons. The third-order valence-corrected chi connectivity index (χ3v) is 2.77. The van der Waals surface area contributed by atoms with Gasteiger partial charge in [-0.05, 0) is 36.5 Å². The van der Waals surface area contributed by atoms with Gasteiger partial charge in [0.2, 0.25) is 0 Å². The van der Waals surface area contributed by atoms with Gasteiger partial charge in [-0.3, -0.25) is 0 Å². The van der Waals surface area contributed by atoms with Crippen LogP contribution in [0.25, 0.3) is 0 Å². The molecule has 2 nitrogen and oxygen atoms in total. The molecule has 1 aromatic rings. The molecule has 14 heavy (non-hydrogen) atoms. The standard InChI is InChI=1S/C11H11ClO2/c1-14-11(13)8-4-5-9(7-2-3-7)10(12)6-8/h4-7H,2-3H2,1H3. The quantitative estimate of drug-likeness (QED) is 0.702. The fraction of sp³-hybridized carbons (Fsp3) is 0.364. The summed E-state index contributed by atoms with van der Waals surface area (Å²) in [6, 6.07) is 5.37. The summed E-state index contributed by atoms with van der Waals surface area (Å²) in [4.78, 5) is 11.2. The molecule has 0 heterocycles. The van der Waals surface area contributed by atoms with Gasteiger partial charge >= 0.3 is 5.97 Å². The minimum absolute atomic E-state index is 0.339. The second kappa shape index (κ2) is 3.62. The van der Waals surface area contributed by atoms with Crippen LogP contribution in [0, 0.1) is 0 Å². The lowest BCUT2D eigenvalue weighted by Gasteiger charge is -2.04. The predicted molar refractivity (Wildman–Crippen MR) is 54.8 cm³/mol. The molecule has 0 N–H and O–H groups in total. The molecule has 0 bridgehead atoms. The number of hydrogen-bond donors (Lipinski definition) is 0. The Balaban J connectivity index is 2.30. The smallest absolute Gasteiger partial charge is 0.337 e. The van der Waals surface area contributed by atoms with Crippen LogP contribution in [0.1, 0.15) is 34.7 Å². The second-order valence-electron chi connectivity index (χ2n) is 3.50. The van der Waals surface area contributed by atoms with E-state index in [2.05, 4.69) is 4.74 Å². The molecule has 1 fully saturated rings. The molecule has 0 aliphatic heterocycles. The number of hydrogen-bond acceptors (Lipinski definition) is 2. The summed E-state index contributed by atoms with van der Waals surface area (Å²) in [7, 11) is 1.37. The number of methoxy groups -OCH3 is 1. The summed E-state index contributed by atoms with van der Waals surface area (Å²) >= 11 is 6.06. The van der Waals surface area contributed by atoms with Crippen molar-refractivity contribution in [1.29, 1.82) is 0 Å². The lowest BCUT2D eigenvalue weighted by Crippen LogP contribution is -2.01. The van der Waals surface area contributed by atoms with Crippen molar-refractivity contribution in [3.8, 4) is 0 Å². The fourth-order valence-electron chi connectivity index (χ4n) is 1.50. The average molecular weight is 211 g/mol. The van der Waals surface area contributed by atoms with Crippen LogP contribution in [0.3, 0.4) is 0 Å². The molecular weight excluding hydrogens is 200 g/mol. The molecule has 0 unspecified atom stereocenters. The highest BCUT2D eigenvalue weighted by atomic mass is 35.5. The number of ether oxygens (including phenoxy) is 1. The summed E-state index contributed by atoms with van der Waals surface area (Å²) in [5.74, 6) is 0.267. The van der Waals surface area contributed by atoms with E-state index in [-0.39, 0.29) is 5.97 Å². The molecule has 3 heteroatoms. The van der Waals surface area contributed by atoms with E-state index < -0.39 is 0 Å². The highest BCUT2D eigenvalue weighted by Gasteiger charge is 2.26. The molecule has 0 saturated heterocycles. The van der Waals surface area contributed by atoms with Crippen LogP contribution >= 0.6 is 11.6 Å². The predicted octanol–water partition coefficient (Wildman–Crippen LogP) is 3.00. The van der Waals surface area contributed by atoms with E-state index in [1.165, 1.54) is 20.0 Å². The molecule has 1 aliphatic rings. The Bertz CT molecular complexity index is 370. The lowest BCUT2D eigenvalue weighted by atomic mass is 10.1. The van der Waals surface area contributed by atoms with Crippen molar-refractivity contribution < 1.29 is 9.53 Å². The average Bonchev–Trinajstić information content (AvgIpc) is 3.00. The van der Waals surface area contributed by atoms with Crippen molar-refractivity contribution in [3.63, 3.8) is 0 Å². The van der Waals surface area contributed by atoms with Crippen LogP contribution in [-0.2, 0) is 4.74 Å². The largest absolute Gasteiger partial charge is 0.465 e. The molecule has 0 spiro atoms. The summed E-state index contributed by atoms with van der Waals surface area (Å²) in [6.45, 7) is 0. The zero-order chi connectivity index (χ0) is 10.1. The van der Waals surface area contributed by atoms with Crippen LogP contribution in [0.5, 0.6) is 0 Å². The highest BCUT2D eigenvalue weighted by molar-refractivity contribution is 6.31. The number of halogens is 1. The van der Waals surface area contributed by atoms with Crippen LogP contribution < -0.4 is 0 Å². The van der Waals surface area contributed by atoms with Gasteiger partial charge in [-0.2, -0.15) is 0 Å². The fourth-order valence-corrected chi connectivity index (χ4v) is 1.83. The zero-order valence-corrected chi connectivity index (χ0v) is 8.67. The molecule has 74 valence electrons. The van der Waals surface area contributed by atoms with Gasteiger partial charge in [0.15, 0.2) is 0 Å². The Labute approximate surface area is 87.8 Å². The zero-order valence-electron chi connectivity index (χ0n) is 7.92. The van der Waals surface area contributed by atoms with Crippen molar-refractivity contribution in [2.24, 2.45) is 0 Å². The third kappa shape index (κ3) is 1.75. The van der Waals surface area contributed by atoms with E-state index in [9.17, 15) is 4.79 Å². The van der Waals surface area contributed by atoms with E-state index in [0.717, 1.165) is 5.56 Å². The highest BCUT2D eigenvalue weighted by Crippen LogP contribution is 2.43. The summed E-state index contributed by atoms with van der Waals surface area (Å²) in [6.07, 6.45) is 2.41. The van der Waals surface area contributed by atoms with E-state index in [0.29, 0.717) is 16.5 Å². The molecule has 1 aromatic carbocycles. The SMILES string of the molecule is COC(=O)c1ccc(C2CC2)c(Cl)c1. The lowest BCUT2D eigenvalue weighted by molar-refractivity contribution is 0.0600. The van der Waals surface area contributed by atoms with Crippen molar-refractivity contribution in [2.45, 2.75) is 18.8 Å². The van der Waals surface area contributed by atoms with E-state index >= 15 is 0 Å².